The summed E-state index contributed by atoms with van der Waals surface area (Å²) in [5.41, 5.74) is 7.56. The van der Waals surface area contributed by atoms with E-state index in [0.717, 1.165) is 11.1 Å². The van der Waals surface area contributed by atoms with Crippen LogP contribution in [0.15, 0.2) is 36.4 Å². The monoisotopic (exact) mass is 293 g/mol. The van der Waals surface area contributed by atoms with Crippen molar-refractivity contribution in [2.24, 2.45) is 5.73 Å². The lowest BCUT2D eigenvalue weighted by Gasteiger charge is -2.14. The lowest BCUT2D eigenvalue weighted by Crippen LogP contribution is -2.18. The van der Waals surface area contributed by atoms with Gasteiger partial charge in [0, 0.05) is 6.04 Å². The zero-order chi connectivity index (χ0) is 14.7. The van der Waals surface area contributed by atoms with Crippen LogP contribution in [0.4, 0.5) is 4.39 Å². The van der Waals surface area contributed by atoms with Gasteiger partial charge in [-0.25, -0.2) is 4.39 Å². The van der Waals surface area contributed by atoms with Crippen LogP contribution in [0.3, 0.4) is 0 Å². The zero-order valence-electron chi connectivity index (χ0n) is 11.5. The molecule has 0 fully saturated rings. The summed E-state index contributed by atoms with van der Waals surface area (Å²) >= 11 is 6.11. The molecular formula is C16H17ClFNO. The van der Waals surface area contributed by atoms with Crippen LogP contribution in [-0.2, 0) is 6.42 Å². The van der Waals surface area contributed by atoms with Crippen molar-refractivity contribution in [2.75, 3.05) is 0 Å². The fourth-order valence-corrected chi connectivity index (χ4v) is 2.12. The summed E-state index contributed by atoms with van der Waals surface area (Å²) < 4.78 is 19.2. The topological polar surface area (TPSA) is 35.2 Å². The normalized spacial score (nSPS) is 12.2. The van der Waals surface area contributed by atoms with E-state index in [1.54, 1.807) is 12.1 Å². The molecule has 0 saturated carbocycles. The van der Waals surface area contributed by atoms with Gasteiger partial charge in [0.25, 0.3) is 0 Å². The van der Waals surface area contributed by atoms with Crippen LogP contribution < -0.4 is 10.5 Å². The van der Waals surface area contributed by atoms with Crippen LogP contribution in [0.25, 0.3) is 0 Å². The zero-order valence-corrected chi connectivity index (χ0v) is 12.2. The third kappa shape index (κ3) is 3.71. The minimum Gasteiger partial charge on any atom is -0.456 e. The third-order valence-electron chi connectivity index (χ3n) is 2.87. The van der Waals surface area contributed by atoms with E-state index in [0.29, 0.717) is 22.9 Å². The Balaban J connectivity index is 2.35. The maximum absolute atomic E-state index is 13.4. The summed E-state index contributed by atoms with van der Waals surface area (Å²) in [6.45, 7) is 3.82. The molecule has 0 amide bonds. The first-order chi connectivity index (χ1) is 9.45. The van der Waals surface area contributed by atoms with Crippen LogP contribution >= 0.6 is 11.6 Å². The van der Waals surface area contributed by atoms with Gasteiger partial charge in [-0.3, -0.25) is 0 Å². The molecule has 0 aliphatic rings. The van der Waals surface area contributed by atoms with Gasteiger partial charge in [-0.15, -0.1) is 0 Å². The van der Waals surface area contributed by atoms with Crippen LogP contribution in [0.1, 0.15) is 18.1 Å². The second kappa shape index (κ2) is 6.25. The highest BCUT2D eigenvalue weighted by molar-refractivity contribution is 6.32. The number of ether oxygens (including phenoxy) is 1. The van der Waals surface area contributed by atoms with E-state index >= 15 is 0 Å². The molecule has 0 heterocycles. The highest BCUT2D eigenvalue weighted by Gasteiger charge is 2.11. The second-order valence-electron chi connectivity index (χ2n) is 4.97. The Hall–Kier alpha value is -1.58. The summed E-state index contributed by atoms with van der Waals surface area (Å²) in [5, 5.41) is 0.520. The first-order valence-corrected chi connectivity index (χ1v) is 6.81. The number of benzene rings is 2. The Kier molecular flexibility index (Phi) is 4.63. The lowest BCUT2D eigenvalue weighted by molar-refractivity contribution is 0.471. The second-order valence-corrected chi connectivity index (χ2v) is 5.38. The van der Waals surface area contributed by atoms with Gasteiger partial charge in [-0.05, 0) is 61.7 Å². The standard InChI is InChI=1S/C16H17ClFNO/c1-10-3-5-14(17)16(7-10)20-15-6-4-13(18)9-12(15)8-11(2)19/h3-7,9,11H,8,19H2,1-2H3. The van der Waals surface area contributed by atoms with Crippen molar-refractivity contribution in [3.63, 3.8) is 0 Å². The smallest absolute Gasteiger partial charge is 0.146 e. The molecule has 0 saturated heterocycles. The average molecular weight is 294 g/mol. The van der Waals surface area contributed by atoms with Gasteiger partial charge in [0.05, 0.1) is 5.02 Å². The summed E-state index contributed by atoms with van der Waals surface area (Å²) in [6, 6.07) is 9.87. The minimum atomic E-state index is -0.302. The van der Waals surface area contributed by atoms with Crippen LogP contribution in [0.2, 0.25) is 5.02 Å². The molecule has 4 heteroatoms. The molecule has 2 nitrogen and oxygen atoms in total. The molecule has 106 valence electrons. The third-order valence-corrected chi connectivity index (χ3v) is 3.18. The van der Waals surface area contributed by atoms with Crippen molar-refractivity contribution in [1.29, 1.82) is 0 Å². The predicted molar refractivity (Wildman–Crippen MR) is 80.0 cm³/mol. The summed E-state index contributed by atoms with van der Waals surface area (Å²) in [7, 11) is 0. The molecule has 1 atom stereocenters. The number of hydrogen-bond acceptors (Lipinski definition) is 2. The number of hydrogen-bond donors (Lipinski definition) is 1. The molecule has 2 aromatic carbocycles. The van der Waals surface area contributed by atoms with E-state index < -0.39 is 0 Å². The molecule has 2 N–H and O–H groups in total. The van der Waals surface area contributed by atoms with Gasteiger partial charge in [0.2, 0.25) is 0 Å². The van der Waals surface area contributed by atoms with Gasteiger partial charge in [-0.1, -0.05) is 17.7 Å². The van der Waals surface area contributed by atoms with E-state index in [1.807, 2.05) is 26.0 Å². The molecule has 0 aromatic heterocycles. The fourth-order valence-electron chi connectivity index (χ4n) is 1.96. The summed E-state index contributed by atoms with van der Waals surface area (Å²) in [6.07, 6.45) is 0.538. The van der Waals surface area contributed by atoms with Crippen molar-refractivity contribution >= 4 is 11.6 Å². The van der Waals surface area contributed by atoms with Crippen LogP contribution in [0, 0.1) is 12.7 Å². The van der Waals surface area contributed by atoms with E-state index in [9.17, 15) is 4.39 Å². The molecule has 0 aliphatic heterocycles. The molecule has 20 heavy (non-hydrogen) atoms. The first kappa shape index (κ1) is 14.8. The van der Waals surface area contributed by atoms with Gasteiger partial charge >= 0.3 is 0 Å². The molecule has 2 rings (SSSR count). The summed E-state index contributed by atoms with van der Waals surface area (Å²) in [5.74, 6) is 0.837. The Bertz CT molecular complexity index is 613. The molecule has 0 aliphatic carbocycles. The van der Waals surface area contributed by atoms with Crippen LogP contribution in [0.5, 0.6) is 11.5 Å². The van der Waals surface area contributed by atoms with E-state index in [-0.39, 0.29) is 11.9 Å². The molecule has 0 spiro atoms. The Morgan fingerprint density at radius 2 is 1.95 bits per heavy atom. The molecule has 0 bridgehead atoms. The maximum atomic E-state index is 13.4. The van der Waals surface area contributed by atoms with Gasteiger partial charge in [-0.2, -0.15) is 0 Å². The van der Waals surface area contributed by atoms with Gasteiger partial charge in [0.1, 0.15) is 17.3 Å². The number of rotatable bonds is 4. The lowest BCUT2D eigenvalue weighted by atomic mass is 10.1. The van der Waals surface area contributed by atoms with E-state index in [4.69, 9.17) is 22.1 Å². The predicted octanol–water partition coefficient (Wildman–Crippen LogP) is 4.47. The van der Waals surface area contributed by atoms with Crippen molar-refractivity contribution < 1.29 is 9.13 Å². The molecule has 2 aromatic rings. The quantitative estimate of drug-likeness (QED) is 0.902. The highest BCUT2D eigenvalue weighted by Crippen LogP contribution is 2.32. The SMILES string of the molecule is Cc1ccc(Cl)c(Oc2ccc(F)cc2CC(C)N)c1. The highest BCUT2D eigenvalue weighted by atomic mass is 35.5. The Labute approximate surface area is 123 Å². The van der Waals surface area contributed by atoms with Crippen molar-refractivity contribution in [1.82, 2.24) is 0 Å². The van der Waals surface area contributed by atoms with E-state index in [2.05, 4.69) is 0 Å². The Morgan fingerprint density at radius 3 is 2.65 bits per heavy atom. The molecular weight excluding hydrogens is 277 g/mol. The summed E-state index contributed by atoms with van der Waals surface area (Å²) in [4.78, 5) is 0. The first-order valence-electron chi connectivity index (χ1n) is 6.43. The Morgan fingerprint density at radius 1 is 1.20 bits per heavy atom. The van der Waals surface area contributed by atoms with E-state index in [1.165, 1.54) is 12.1 Å². The number of halogens is 2. The van der Waals surface area contributed by atoms with Crippen molar-refractivity contribution in [2.45, 2.75) is 26.3 Å². The number of aryl methyl sites for hydroxylation is 1. The molecule has 1 unspecified atom stereocenters. The van der Waals surface area contributed by atoms with Gasteiger partial charge < -0.3 is 10.5 Å². The van der Waals surface area contributed by atoms with Crippen molar-refractivity contribution in [3.05, 3.63) is 58.4 Å². The number of nitrogens with two attached hydrogens (primary N) is 1. The molecule has 0 radical (unpaired) electrons. The largest absolute Gasteiger partial charge is 0.456 e. The fraction of sp³-hybridized carbons (Fsp3) is 0.250. The van der Waals surface area contributed by atoms with Gasteiger partial charge in [0.15, 0.2) is 0 Å². The average Bonchev–Trinajstić information content (AvgIpc) is 2.36. The maximum Gasteiger partial charge on any atom is 0.146 e. The minimum absolute atomic E-state index is 0.0767. The van der Waals surface area contributed by atoms with Crippen molar-refractivity contribution in [3.8, 4) is 11.5 Å². The van der Waals surface area contributed by atoms with Crippen LogP contribution in [-0.4, -0.2) is 6.04 Å².